The molecule has 0 N–H and O–H groups in total. The van der Waals surface area contributed by atoms with Crippen molar-refractivity contribution in [1.29, 1.82) is 0 Å². The largest absolute Gasteiger partial charge is 0.298 e. The van der Waals surface area contributed by atoms with Gasteiger partial charge in [0.2, 0.25) is 0 Å². The maximum atomic E-state index is 2.98. The highest BCUT2D eigenvalue weighted by molar-refractivity contribution is 5.25. The van der Waals surface area contributed by atoms with Gasteiger partial charge in [-0.1, -0.05) is 44.8 Å². The average molecular weight is 343 g/mol. The number of fused-ring (bicyclic) bond motifs is 2. The van der Waals surface area contributed by atoms with E-state index in [1.807, 2.05) is 5.57 Å². The molecule has 4 unspecified atom stereocenters. The van der Waals surface area contributed by atoms with Crippen molar-refractivity contribution in [2.24, 2.45) is 23.2 Å². The molecule has 2 heteroatoms. The summed E-state index contributed by atoms with van der Waals surface area (Å²) in [6.07, 6.45) is 15.9. The van der Waals surface area contributed by atoms with Crippen LogP contribution in [-0.2, 0) is 0 Å². The number of allylic oxidation sites excluding steroid dienone is 1. The Morgan fingerprint density at radius 3 is 2.60 bits per heavy atom. The summed E-state index contributed by atoms with van der Waals surface area (Å²) in [5.74, 6) is 2.84. The molecule has 4 atom stereocenters. The highest BCUT2D eigenvalue weighted by atomic mass is 15.3. The van der Waals surface area contributed by atoms with Gasteiger partial charge < -0.3 is 0 Å². The lowest BCUT2D eigenvalue weighted by molar-refractivity contribution is -0.0268. The zero-order valence-corrected chi connectivity index (χ0v) is 16.6. The lowest BCUT2D eigenvalue weighted by Crippen LogP contribution is -2.61. The maximum absolute atomic E-state index is 2.98. The van der Waals surface area contributed by atoms with Crippen LogP contribution in [0, 0.1) is 23.2 Å². The average Bonchev–Trinajstić information content (AvgIpc) is 3.11. The van der Waals surface area contributed by atoms with Crippen LogP contribution < -0.4 is 0 Å². The van der Waals surface area contributed by atoms with Crippen LogP contribution >= 0.6 is 0 Å². The first-order valence-corrected chi connectivity index (χ1v) is 11.3. The van der Waals surface area contributed by atoms with Crippen molar-refractivity contribution in [2.45, 2.75) is 83.7 Å². The zero-order chi connectivity index (χ0) is 17.0. The molecule has 0 aromatic carbocycles. The summed E-state index contributed by atoms with van der Waals surface area (Å²) >= 11 is 0. The van der Waals surface area contributed by atoms with Crippen LogP contribution in [-0.4, -0.2) is 48.1 Å². The van der Waals surface area contributed by atoms with Gasteiger partial charge in [0, 0.05) is 31.7 Å². The monoisotopic (exact) mass is 342 g/mol. The number of nitrogens with zero attached hydrogens (tertiary/aromatic N) is 2. The second kappa shape index (κ2) is 6.37. The predicted octanol–water partition coefficient (Wildman–Crippen LogP) is 4.71. The van der Waals surface area contributed by atoms with E-state index in [1.165, 1.54) is 84.0 Å². The van der Waals surface area contributed by atoms with Crippen molar-refractivity contribution < 1.29 is 0 Å². The molecular formula is C23H38N2. The van der Waals surface area contributed by atoms with Gasteiger partial charge in [0.1, 0.15) is 0 Å². The molecule has 25 heavy (non-hydrogen) atoms. The molecule has 0 amide bonds. The summed E-state index contributed by atoms with van der Waals surface area (Å²) < 4.78 is 0. The zero-order valence-electron chi connectivity index (χ0n) is 16.6. The molecule has 0 spiro atoms. The molecule has 2 bridgehead atoms. The predicted molar refractivity (Wildman–Crippen MR) is 105 cm³/mol. The van der Waals surface area contributed by atoms with E-state index < -0.39 is 0 Å². The van der Waals surface area contributed by atoms with E-state index in [0.717, 1.165) is 29.8 Å². The highest BCUT2D eigenvalue weighted by Gasteiger charge is 2.52. The van der Waals surface area contributed by atoms with E-state index >= 15 is 0 Å². The van der Waals surface area contributed by atoms with E-state index in [-0.39, 0.29) is 0 Å². The lowest BCUT2D eigenvalue weighted by atomic mass is 9.49. The molecule has 0 aromatic heterocycles. The number of rotatable bonds is 3. The molecule has 2 nitrogen and oxygen atoms in total. The van der Waals surface area contributed by atoms with Crippen LogP contribution in [0.3, 0.4) is 0 Å². The van der Waals surface area contributed by atoms with Gasteiger partial charge >= 0.3 is 0 Å². The van der Waals surface area contributed by atoms with Crippen LogP contribution in [0.25, 0.3) is 0 Å². The molecule has 4 fully saturated rings. The Labute approximate surface area is 155 Å². The quantitative estimate of drug-likeness (QED) is 0.686. The maximum Gasteiger partial charge on any atom is 0.0283 e. The third-order valence-electron chi connectivity index (χ3n) is 9.01. The number of hydrogen-bond acceptors (Lipinski definition) is 2. The SMILES string of the molecule is CC1(C)C2CC=C(CN3CCN4CCCC4C3C3CCCCC3)C1C2. The van der Waals surface area contributed by atoms with E-state index in [1.54, 1.807) is 0 Å². The Morgan fingerprint density at radius 2 is 1.84 bits per heavy atom. The molecule has 4 aliphatic carbocycles. The third kappa shape index (κ3) is 2.74. The normalized spacial score (nSPS) is 41.9. The molecule has 2 heterocycles. The second-order valence-corrected chi connectivity index (χ2v) is 10.4. The molecular weight excluding hydrogens is 304 g/mol. The first kappa shape index (κ1) is 16.8. The van der Waals surface area contributed by atoms with Gasteiger partial charge in [0.15, 0.2) is 0 Å². The van der Waals surface area contributed by atoms with E-state index in [0.29, 0.717) is 5.41 Å². The molecule has 140 valence electrons. The minimum atomic E-state index is 0.583. The van der Waals surface area contributed by atoms with Gasteiger partial charge in [0.05, 0.1) is 0 Å². The first-order valence-electron chi connectivity index (χ1n) is 11.3. The molecule has 6 rings (SSSR count). The van der Waals surface area contributed by atoms with Crippen LogP contribution in [0.1, 0.15) is 71.6 Å². The van der Waals surface area contributed by atoms with Crippen molar-refractivity contribution in [3.63, 3.8) is 0 Å². The van der Waals surface area contributed by atoms with Gasteiger partial charge in [-0.05, 0) is 68.2 Å². The van der Waals surface area contributed by atoms with Gasteiger partial charge in [-0.2, -0.15) is 0 Å². The fourth-order valence-corrected chi connectivity index (χ4v) is 7.33. The lowest BCUT2D eigenvalue weighted by Gasteiger charge is -2.58. The Balaban J connectivity index is 1.36. The van der Waals surface area contributed by atoms with Crippen LogP contribution in [0.2, 0.25) is 0 Å². The molecule has 0 aromatic rings. The summed E-state index contributed by atoms with van der Waals surface area (Å²) in [6, 6.07) is 1.74. The Bertz CT molecular complexity index is 530. The number of piperazine rings is 1. The molecule has 0 radical (unpaired) electrons. The second-order valence-electron chi connectivity index (χ2n) is 10.4. The number of hydrogen-bond donors (Lipinski definition) is 0. The summed E-state index contributed by atoms with van der Waals surface area (Å²) in [5.41, 5.74) is 2.40. The van der Waals surface area contributed by atoms with E-state index in [2.05, 4.69) is 29.7 Å². The van der Waals surface area contributed by atoms with Crippen molar-refractivity contribution in [3.8, 4) is 0 Å². The van der Waals surface area contributed by atoms with Gasteiger partial charge in [-0.25, -0.2) is 0 Å². The van der Waals surface area contributed by atoms with Gasteiger partial charge in [-0.3, -0.25) is 9.80 Å². The topological polar surface area (TPSA) is 6.48 Å². The summed E-state index contributed by atoms with van der Waals surface area (Å²) in [6.45, 7) is 10.4. The van der Waals surface area contributed by atoms with Crippen LogP contribution in [0.15, 0.2) is 11.6 Å². The summed E-state index contributed by atoms with van der Waals surface area (Å²) in [7, 11) is 0. The van der Waals surface area contributed by atoms with Crippen molar-refractivity contribution >= 4 is 0 Å². The Morgan fingerprint density at radius 1 is 1.00 bits per heavy atom. The molecule has 2 saturated carbocycles. The minimum Gasteiger partial charge on any atom is -0.298 e. The smallest absolute Gasteiger partial charge is 0.0283 e. The fraction of sp³-hybridized carbons (Fsp3) is 0.913. The molecule has 2 saturated heterocycles. The van der Waals surface area contributed by atoms with Crippen LogP contribution in [0.5, 0.6) is 0 Å². The standard InChI is InChI=1S/C23H38N2/c1-23(2)19-11-10-18(20(23)15-19)16-25-14-13-24-12-6-9-21(24)22(25)17-7-4-3-5-8-17/h10,17,19-22H,3-9,11-16H2,1-2H3. The van der Waals surface area contributed by atoms with Crippen molar-refractivity contribution in [1.82, 2.24) is 9.80 Å². The minimum absolute atomic E-state index is 0.583. The first-order chi connectivity index (χ1) is 12.1. The summed E-state index contributed by atoms with van der Waals surface area (Å²) in [4.78, 5) is 5.83. The highest BCUT2D eigenvalue weighted by Crippen LogP contribution is 2.59. The van der Waals surface area contributed by atoms with Gasteiger partial charge in [-0.15, -0.1) is 0 Å². The van der Waals surface area contributed by atoms with E-state index in [9.17, 15) is 0 Å². The van der Waals surface area contributed by atoms with E-state index in [4.69, 9.17) is 0 Å². The Hall–Kier alpha value is -0.340. The molecule has 6 aliphatic rings. The van der Waals surface area contributed by atoms with Crippen molar-refractivity contribution in [3.05, 3.63) is 11.6 Å². The van der Waals surface area contributed by atoms with Crippen LogP contribution in [0.4, 0.5) is 0 Å². The Kier molecular flexibility index (Phi) is 4.28. The van der Waals surface area contributed by atoms with Crippen molar-refractivity contribution in [2.75, 3.05) is 26.2 Å². The summed E-state index contributed by atoms with van der Waals surface area (Å²) in [5, 5.41) is 0. The third-order valence-corrected chi connectivity index (χ3v) is 9.01. The molecule has 2 aliphatic heterocycles. The van der Waals surface area contributed by atoms with Gasteiger partial charge in [0.25, 0.3) is 0 Å². The fourth-order valence-electron chi connectivity index (χ4n) is 7.33.